The second-order valence-corrected chi connectivity index (χ2v) is 24.7. The van der Waals surface area contributed by atoms with Crippen LogP contribution in [0.4, 0.5) is 28.4 Å². The average molecular weight is 1040 g/mol. The van der Waals surface area contributed by atoms with Crippen LogP contribution < -0.4 is 9.80 Å². The zero-order chi connectivity index (χ0) is 53.5. The highest BCUT2D eigenvalue weighted by molar-refractivity contribution is 6.30. The molecule has 0 N–H and O–H groups in total. The van der Waals surface area contributed by atoms with E-state index in [4.69, 9.17) is 8.83 Å². The predicted octanol–water partition coefficient (Wildman–Crippen LogP) is 20.8. The largest absolute Gasteiger partial charge is 0.458 e. The molecule has 0 amide bonds. The Labute approximate surface area is 463 Å². The number of aromatic nitrogens is 2. The van der Waals surface area contributed by atoms with Crippen LogP contribution in [-0.2, 0) is 10.8 Å². The van der Waals surface area contributed by atoms with Crippen molar-refractivity contribution in [2.24, 2.45) is 0 Å². The molecule has 6 nitrogen and oxygen atoms in total. The van der Waals surface area contributed by atoms with E-state index in [1.165, 1.54) is 105 Å². The third-order valence-corrected chi connectivity index (χ3v) is 18.1. The number of allylic oxidation sites excluding steroid dienone is 4. The van der Waals surface area contributed by atoms with Crippen LogP contribution >= 0.6 is 0 Å². The predicted molar refractivity (Wildman–Crippen MR) is 335 cm³/mol. The Hall–Kier alpha value is -9.26. The Morgan fingerprint density at radius 3 is 1.86 bits per heavy atom. The minimum atomic E-state index is -0.0881. The lowest BCUT2D eigenvalue weighted by atomic mass is 9.85. The summed E-state index contributed by atoms with van der Waals surface area (Å²) in [5.74, 6) is 1.18. The molecule has 9 aromatic carbocycles. The highest BCUT2D eigenvalue weighted by Crippen LogP contribution is 2.57. The standard InChI is InChI=1S/C74H58N4O2/c1-73(2,3)55-31-17-27-47-49-29-19-35-61(71(49)79-69(47)55)75(43-21-9-7-10-22-43)59-39-37-45-53-41-64-54(42-63(53)77-57-33-15-13-25-51(57)65(59)67(45)77)46-38-40-60(66-52-26-14-16-34-58(52)78(64)68(46)66)76(44-23-11-8-12-24-44)62-36-20-30-50-48-28-18-32-56(74(4,5)6)70(48)80-72(50)62/h7-25,27-34,36-42,52,61H,26,35H2,1-6H3. The molecule has 0 fully saturated rings. The quantitative estimate of drug-likeness (QED) is 0.166. The van der Waals surface area contributed by atoms with Crippen LogP contribution in [0.3, 0.4) is 0 Å². The molecule has 0 bridgehead atoms. The third-order valence-electron chi connectivity index (χ3n) is 18.1. The number of nitrogens with zero attached hydrogens (tertiary/aromatic N) is 4. The van der Waals surface area contributed by atoms with E-state index in [1.54, 1.807) is 0 Å². The summed E-state index contributed by atoms with van der Waals surface area (Å²) in [7, 11) is 0. The molecule has 17 rings (SSSR count). The lowest BCUT2D eigenvalue weighted by Gasteiger charge is -2.34. The number of rotatable bonds is 6. The van der Waals surface area contributed by atoms with Gasteiger partial charge in [-0.2, -0.15) is 0 Å². The summed E-state index contributed by atoms with van der Waals surface area (Å²) in [4.78, 5) is 5.04. The molecule has 0 radical (unpaired) electrons. The fourth-order valence-corrected chi connectivity index (χ4v) is 14.7. The summed E-state index contributed by atoms with van der Waals surface area (Å²) in [6.07, 6.45) is 13.3. The highest BCUT2D eigenvalue weighted by atomic mass is 16.3. The van der Waals surface area contributed by atoms with Crippen molar-refractivity contribution in [2.45, 2.75) is 77.2 Å². The first-order valence-corrected chi connectivity index (χ1v) is 28.5. The smallest absolute Gasteiger partial charge is 0.159 e. The Bertz CT molecular complexity index is 5040. The summed E-state index contributed by atoms with van der Waals surface area (Å²) < 4.78 is 19.5. The minimum absolute atomic E-state index is 0.0753. The van der Waals surface area contributed by atoms with Crippen LogP contribution in [0.25, 0.3) is 105 Å². The van der Waals surface area contributed by atoms with Gasteiger partial charge in [-0.15, -0.1) is 0 Å². The van der Waals surface area contributed by atoms with Gasteiger partial charge >= 0.3 is 0 Å². The molecule has 386 valence electrons. The SMILES string of the molecule is CC(C)(C)c1cccc2c3c(oc12)C(N(c1ccccc1)c1ccc2c4cc5c(cc4n4c6ccccc6c1c24)c1ccc(N(c2ccccc2)c2cccc4c2oc2c(C(C)(C)C)cccc24)c2c1n5C1=CC=CCC12)CC=C3. The first-order chi connectivity index (χ1) is 39.0. The first kappa shape index (κ1) is 45.7. The van der Waals surface area contributed by atoms with Gasteiger partial charge in [0.05, 0.1) is 50.7 Å². The fraction of sp³-hybridized carbons (Fsp3) is 0.162. The molecule has 1 aliphatic heterocycles. The van der Waals surface area contributed by atoms with Crippen LogP contribution in [0.2, 0.25) is 0 Å². The lowest BCUT2D eigenvalue weighted by Crippen LogP contribution is -2.25. The first-order valence-electron chi connectivity index (χ1n) is 28.5. The molecule has 6 heteroatoms. The van der Waals surface area contributed by atoms with Gasteiger partial charge in [0.2, 0.25) is 0 Å². The lowest BCUT2D eigenvalue weighted by molar-refractivity contribution is 0.479. The summed E-state index contributed by atoms with van der Waals surface area (Å²) in [5, 5.41) is 11.0. The van der Waals surface area contributed by atoms with Gasteiger partial charge in [-0.1, -0.05) is 181 Å². The number of benzene rings is 9. The van der Waals surface area contributed by atoms with Crippen molar-refractivity contribution in [3.05, 3.63) is 228 Å². The van der Waals surface area contributed by atoms with Gasteiger partial charge in [-0.05, 0) is 90.4 Å². The van der Waals surface area contributed by atoms with E-state index in [9.17, 15) is 0 Å². The van der Waals surface area contributed by atoms with Gasteiger partial charge in [0.25, 0.3) is 0 Å². The molecule has 2 aliphatic carbocycles. The number of furan rings is 2. The normalized spacial score (nSPS) is 16.2. The number of hydrogen-bond donors (Lipinski definition) is 0. The van der Waals surface area contributed by atoms with Gasteiger partial charge < -0.3 is 27.6 Å². The second-order valence-electron chi connectivity index (χ2n) is 24.7. The Balaban J connectivity index is 0.904. The Morgan fingerprint density at radius 2 is 1.10 bits per heavy atom. The van der Waals surface area contributed by atoms with Gasteiger partial charge in [0.1, 0.15) is 16.9 Å². The van der Waals surface area contributed by atoms with Crippen LogP contribution in [0.1, 0.15) is 94.4 Å². The molecule has 0 spiro atoms. The van der Waals surface area contributed by atoms with E-state index in [2.05, 4.69) is 267 Å². The summed E-state index contributed by atoms with van der Waals surface area (Å²) in [6.45, 7) is 13.6. The maximum atomic E-state index is 7.20. The van der Waals surface area contributed by atoms with E-state index in [0.717, 1.165) is 63.2 Å². The second kappa shape index (κ2) is 16.2. The van der Waals surface area contributed by atoms with E-state index in [0.29, 0.717) is 0 Å². The average Bonchev–Trinajstić information content (AvgIpc) is 3.59. The highest BCUT2D eigenvalue weighted by Gasteiger charge is 2.39. The van der Waals surface area contributed by atoms with Crippen LogP contribution in [-0.4, -0.2) is 8.97 Å². The van der Waals surface area contributed by atoms with Crippen LogP contribution in [0, 0.1) is 0 Å². The van der Waals surface area contributed by atoms with E-state index < -0.39 is 0 Å². The molecule has 3 aliphatic rings. The summed E-state index contributed by atoms with van der Waals surface area (Å²) in [6, 6.07) is 65.4. The van der Waals surface area contributed by atoms with Crippen LogP contribution in [0.15, 0.2) is 209 Å². The molecular weight excluding hydrogens is 977 g/mol. The topological polar surface area (TPSA) is 42.1 Å². The van der Waals surface area contributed by atoms with E-state index >= 15 is 0 Å². The summed E-state index contributed by atoms with van der Waals surface area (Å²) >= 11 is 0. The Morgan fingerprint density at radius 1 is 0.475 bits per heavy atom. The number of fused-ring (bicyclic) bond motifs is 18. The number of hydrogen-bond acceptors (Lipinski definition) is 4. The molecular formula is C74H58N4O2. The van der Waals surface area contributed by atoms with Crippen molar-refractivity contribution in [2.75, 3.05) is 9.80 Å². The molecule has 2 atom stereocenters. The van der Waals surface area contributed by atoms with Crippen molar-refractivity contribution in [3.63, 3.8) is 0 Å². The van der Waals surface area contributed by atoms with Crippen molar-refractivity contribution in [1.29, 1.82) is 0 Å². The van der Waals surface area contributed by atoms with Gasteiger partial charge in [-0.3, -0.25) is 0 Å². The van der Waals surface area contributed by atoms with E-state index in [-0.39, 0.29) is 22.8 Å². The van der Waals surface area contributed by atoms with Gasteiger partial charge in [-0.25, -0.2) is 0 Å². The maximum Gasteiger partial charge on any atom is 0.159 e. The molecule has 6 heterocycles. The zero-order valence-corrected chi connectivity index (χ0v) is 45.8. The molecule has 14 aromatic rings. The fourth-order valence-electron chi connectivity index (χ4n) is 14.7. The molecule has 2 unspecified atom stereocenters. The van der Waals surface area contributed by atoms with Gasteiger partial charge in [0.15, 0.2) is 5.58 Å². The van der Waals surface area contributed by atoms with Crippen molar-refractivity contribution in [1.82, 2.24) is 8.97 Å². The number of para-hydroxylation sites is 6. The Kier molecular flexibility index (Phi) is 9.25. The van der Waals surface area contributed by atoms with Crippen molar-refractivity contribution in [3.8, 4) is 0 Å². The summed E-state index contributed by atoms with van der Waals surface area (Å²) in [5.41, 5.74) is 20.8. The van der Waals surface area contributed by atoms with E-state index in [1.807, 2.05) is 0 Å². The molecule has 80 heavy (non-hydrogen) atoms. The van der Waals surface area contributed by atoms with Crippen LogP contribution in [0.5, 0.6) is 0 Å². The monoisotopic (exact) mass is 1030 g/mol. The van der Waals surface area contributed by atoms with Crippen molar-refractivity contribution >= 4 is 133 Å². The molecule has 5 aromatic heterocycles. The van der Waals surface area contributed by atoms with Crippen molar-refractivity contribution < 1.29 is 8.83 Å². The minimum Gasteiger partial charge on any atom is -0.458 e. The molecule has 0 saturated carbocycles. The molecule has 0 saturated heterocycles. The third kappa shape index (κ3) is 6.14. The van der Waals surface area contributed by atoms with Gasteiger partial charge in [0, 0.05) is 93.7 Å². The zero-order valence-electron chi connectivity index (χ0n) is 45.8. The number of anilines is 5. The maximum absolute atomic E-state index is 7.20.